The number of allylic oxidation sites excluding steroid dienone is 2. The van der Waals surface area contributed by atoms with Crippen LogP contribution >= 0.6 is 11.6 Å². The Kier molecular flexibility index (Phi) is 32.1. The van der Waals surface area contributed by atoms with Crippen molar-refractivity contribution in [3.05, 3.63) is 172 Å². The second-order valence-corrected chi connectivity index (χ2v) is 48.7. The Morgan fingerprint density at radius 1 is 0.515 bits per heavy atom. The highest BCUT2D eigenvalue weighted by Gasteiger charge is 2.46. The number of hydrogen-bond acceptors (Lipinski definition) is 29. The summed E-state index contributed by atoms with van der Waals surface area (Å²) in [4.78, 5) is 90.8. The number of carbonyl (C=O) groups excluding carboxylic acids is 4. The number of anilines is 7. The molecule has 0 spiro atoms. The standard InChI is InChI=1S/C29H42FN5O6S2.C28H39N5O3S.C18H22ClN5O3S.C18H22FN5O3S/c1-19(2)18-41-24-13-21(12-22(30)14-24)26-10-9-25(27(31-26)35-16-20(3)15-29(35,4)5)28(36)33-43(39,40)34-11-7-8-23(17-34)32-42(6,37)38;1-18-16-28(5,6)33(17-18)25-21(26(34)32-37(35,36)23-14-10-13-22(29)30-23)15-20(19-11-8-7-9-12-19)24(31-25)27(2,3)4;2*1-11-8-18(2,3)24(10-11)16-13(7-12(19)9-21-16)17(25)23-28(26,27)15-6-4-5-14(20)22-15/h9-10,12-14,19-20,23,32H,7-8,11,15-18H2,1-6H3,(H,33,36);10-11,13-15,18H,7-9,12,16-17H2,1-6H3,(H2,29,30)(H,32,34);2*4-7,9,11H,8,10H2,1-3H3,(H2,20,22)(H,23,25)/t;;2*11-/m..00/s1. The molecule has 5 saturated heterocycles. The van der Waals surface area contributed by atoms with Crippen molar-refractivity contribution in [3.63, 3.8) is 0 Å². The maximum absolute atomic E-state index is 14.6. The van der Waals surface area contributed by atoms with Gasteiger partial charge in [0, 0.05) is 96.3 Å². The minimum absolute atomic E-state index is 0.00348. The zero-order valence-electron chi connectivity index (χ0n) is 79.9. The number of nitrogens with zero attached hydrogens (tertiary/aromatic N) is 12. The highest BCUT2D eigenvalue weighted by molar-refractivity contribution is 7.90. The molecule has 7 aromatic heterocycles. The van der Waals surface area contributed by atoms with Gasteiger partial charge < -0.3 is 41.5 Å². The number of nitrogens with one attached hydrogen (secondary N) is 5. The quantitative estimate of drug-likeness (QED) is 0.0295. The van der Waals surface area contributed by atoms with Gasteiger partial charge in [0.15, 0.2) is 15.1 Å². The Hall–Kier alpha value is -10.9. The number of nitrogen functional groups attached to an aromatic ring is 3. The van der Waals surface area contributed by atoms with Gasteiger partial charge in [-0.15, -0.1) is 0 Å². The van der Waals surface area contributed by atoms with Crippen LogP contribution in [0.15, 0.2) is 137 Å². The molecule has 11 N–H and O–H groups in total. The van der Waals surface area contributed by atoms with Crippen LogP contribution in [0.5, 0.6) is 5.75 Å². The molecule has 6 aliphatic rings. The number of aromatic nitrogens is 7. The van der Waals surface area contributed by atoms with Crippen LogP contribution in [-0.2, 0) is 55.7 Å². The maximum atomic E-state index is 14.6. The molecule has 3 unspecified atom stereocenters. The van der Waals surface area contributed by atoms with Gasteiger partial charge in [0.05, 0.1) is 57.7 Å². The lowest BCUT2D eigenvalue weighted by molar-refractivity contribution is 0.0969. The van der Waals surface area contributed by atoms with Crippen LogP contribution in [0.25, 0.3) is 16.8 Å². The second-order valence-electron chi connectivity index (χ2n) is 39.9. The Labute approximate surface area is 802 Å². The number of hydrogen-bond donors (Lipinski definition) is 8. The minimum atomic E-state index is -4.30. The zero-order chi connectivity index (χ0) is 100. The van der Waals surface area contributed by atoms with Gasteiger partial charge in [-0.3, -0.25) is 19.2 Å². The third-order valence-electron chi connectivity index (χ3n) is 24.0. The molecule has 12 heterocycles. The molecule has 0 saturated carbocycles. The molecule has 1 aromatic carbocycles. The lowest BCUT2D eigenvalue weighted by Crippen LogP contribution is -2.53. The highest BCUT2D eigenvalue weighted by Crippen LogP contribution is 2.45. The van der Waals surface area contributed by atoms with Crippen molar-refractivity contribution in [2.24, 2.45) is 29.6 Å². The third-order valence-corrected chi connectivity index (χ3v) is 30.1. The maximum Gasteiger partial charge on any atom is 0.304 e. The molecule has 738 valence electrons. The van der Waals surface area contributed by atoms with Crippen molar-refractivity contribution in [3.8, 4) is 17.0 Å². The van der Waals surface area contributed by atoms with E-state index in [-0.39, 0.29) is 113 Å². The van der Waals surface area contributed by atoms with Crippen LogP contribution in [0, 0.1) is 41.2 Å². The second kappa shape index (κ2) is 41.4. The number of benzene rings is 1. The molecule has 1 aliphatic carbocycles. The summed E-state index contributed by atoms with van der Waals surface area (Å²) in [5.41, 5.74) is 19.4. The van der Waals surface area contributed by atoms with Crippen molar-refractivity contribution < 1.29 is 74.8 Å². The predicted molar refractivity (Wildman–Crippen MR) is 522 cm³/mol. The fraction of sp³-hybridized carbons (Fsp3) is 0.495. The van der Waals surface area contributed by atoms with E-state index in [1.165, 1.54) is 90.6 Å². The van der Waals surface area contributed by atoms with E-state index in [0.29, 0.717) is 91.3 Å². The number of amides is 4. The van der Waals surface area contributed by atoms with Gasteiger partial charge in [0.2, 0.25) is 10.0 Å². The lowest BCUT2D eigenvalue weighted by atomic mass is 9.82. The monoisotopic (exact) mass is 1990 g/mol. The molecule has 5 aliphatic heterocycles. The fourth-order valence-corrected chi connectivity index (χ4v) is 23.5. The van der Waals surface area contributed by atoms with Gasteiger partial charge >= 0.3 is 10.2 Å². The largest absolute Gasteiger partial charge is 0.493 e. The molecular weight excluding hydrogens is 1870 g/mol. The van der Waals surface area contributed by atoms with Gasteiger partial charge in [-0.1, -0.05) is 98.2 Å². The van der Waals surface area contributed by atoms with E-state index in [2.05, 4.69) is 126 Å². The SMILES string of the molecule is CC(C)COc1cc(F)cc(-c2ccc(C(=O)NS(=O)(=O)N3CCCC(NS(C)(=O)=O)C3)c(N3CC(C)CC3(C)C)n2)c1.CC1CN(c2nc(C(C)(C)C)c(C3=CCCCC3)cc2C(=O)NS(=O)(=O)c2cccc(N)n2)C(C)(C)C1.C[C@@H]1CN(c2ncc(Cl)cc2C(=O)NS(=O)(=O)c2cccc(N)n2)C(C)(C)C1.C[C@@H]1CN(c2ncc(F)cc2C(=O)NS(=O)(=O)c2cccc(N)n2)C(C)(C)C1. The fourth-order valence-electron chi connectivity index (χ4n) is 18.5. The van der Waals surface area contributed by atoms with Crippen molar-refractivity contribution in [1.29, 1.82) is 0 Å². The topological polar surface area (TPSA) is 493 Å². The van der Waals surface area contributed by atoms with Crippen LogP contribution in [0.3, 0.4) is 0 Å². The average Bonchev–Trinajstić information content (AvgIpc) is 0.774. The number of piperidine rings is 1. The summed E-state index contributed by atoms with van der Waals surface area (Å²) in [6.07, 6.45) is 14.3. The van der Waals surface area contributed by atoms with Gasteiger partial charge in [-0.05, 0) is 234 Å². The first-order valence-corrected chi connectivity index (χ1v) is 53.1. The number of carbonyl (C=O) groups is 4. The summed E-state index contributed by atoms with van der Waals surface area (Å²) in [5.74, 6) is -1.02. The van der Waals surface area contributed by atoms with Gasteiger partial charge in [-0.2, -0.15) is 38.0 Å². The van der Waals surface area contributed by atoms with Crippen molar-refractivity contribution >= 4 is 132 Å². The first-order chi connectivity index (χ1) is 63.1. The number of ether oxygens (including phenoxy) is 1. The zero-order valence-corrected chi connectivity index (χ0v) is 84.8. The molecule has 14 rings (SSSR count). The van der Waals surface area contributed by atoms with E-state index in [1.54, 1.807) is 12.1 Å². The summed E-state index contributed by atoms with van der Waals surface area (Å²) in [7, 11) is -20.6. The minimum Gasteiger partial charge on any atom is -0.493 e. The summed E-state index contributed by atoms with van der Waals surface area (Å²) >= 11 is 6.04. The van der Waals surface area contributed by atoms with Gasteiger partial charge in [0.1, 0.15) is 58.1 Å². The Morgan fingerprint density at radius 2 is 0.949 bits per heavy atom. The van der Waals surface area contributed by atoms with Crippen molar-refractivity contribution in [2.75, 3.05) is 88.9 Å². The molecule has 0 bridgehead atoms. The van der Waals surface area contributed by atoms with Crippen molar-refractivity contribution in [1.82, 2.24) is 62.8 Å². The number of sulfonamides is 4. The normalized spacial score (nSPS) is 19.9. The summed E-state index contributed by atoms with van der Waals surface area (Å²) < 4.78 is 172. The first-order valence-electron chi connectivity index (χ1n) is 44.9. The van der Waals surface area contributed by atoms with E-state index in [4.69, 9.17) is 43.5 Å². The Morgan fingerprint density at radius 3 is 1.37 bits per heavy atom. The highest BCUT2D eigenvalue weighted by atomic mass is 35.5. The molecule has 0 radical (unpaired) electrons. The lowest BCUT2D eigenvalue weighted by Gasteiger charge is -2.35. The Bertz CT molecular complexity index is 6330. The smallest absolute Gasteiger partial charge is 0.304 e. The molecule has 43 heteroatoms. The molecule has 35 nitrogen and oxygen atoms in total. The van der Waals surface area contributed by atoms with Crippen LogP contribution < -0.4 is 65.1 Å². The predicted octanol–water partition coefficient (Wildman–Crippen LogP) is 13.0. The van der Waals surface area contributed by atoms with Gasteiger partial charge in [0.25, 0.3) is 53.7 Å². The number of pyridine rings is 7. The summed E-state index contributed by atoms with van der Waals surface area (Å²) in [5, 5.41) is -0.806. The first kappa shape index (κ1) is 106. The molecule has 5 fully saturated rings. The van der Waals surface area contributed by atoms with E-state index < -0.39 is 96.6 Å². The van der Waals surface area contributed by atoms with Gasteiger partial charge in [-0.25, -0.2) is 75.7 Å². The van der Waals surface area contributed by atoms with E-state index in [0.717, 1.165) is 92.0 Å². The number of rotatable bonds is 23. The number of halogens is 3. The molecule has 5 atom stereocenters. The molecular formula is C93H125ClF2N20O15S5. The Balaban J connectivity index is 0.000000177. The van der Waals surface area contributed by atoms with Crippen LogP contribution in [0.2, 0.25) is 5.02 Å². The van der Waals surface area contributed by atoms with E-state index in [1.807, 2.05) is 71.8 Å². The van der Waals surface area contributed by atoms with Crippen molar-refractivity contribution in [2.45, 2.75) is 231 Å². The summed E-state index contributed by atoms with van der Waals surface area (Å²) in [6, 6.07) is 23.6. The molecule has 136 heavy (non-hydrogen) atoms. The van der Waals surface area contributed by atoms with Crippen LogP contribution in [0.1, 0.15) is 235 Å². The molecule has 4 amide bonds. The van der Waals surface area contributed by atoms with E-state index >= 15 is 0 Å². The average molecular weight is 2000 g/mol. The number of nitrogens with two attached hydrogens (primary N) is 3. The van der Waals surface area contributed by atoms with Crippen LogP contribution in [-0.4, -0.2) is 185 Å². The third kappa shape index (κ3) is 26.3. The summed E-state index contributed by atoms with van der Waals surface area (Å²) in [6.45, 7) is 38.4. The molecule has 8 aromatic rings. The van der Waals surface area contributed by atoms with Crippen LogP contribution in [0.4, 0.5) is 49.5 Å². The van der Waals surface area contributed by atoms with E-state index in [9.17, 15) is 70.0 Å².